The lowest BCUT2D eigenvalue weighted by Gasteiger charge is -2.22. The number of nitrogens with one attached hydrogen (secondary N) is 1. The average Bonchev–Trinajstić information content (AvgIpc) is 3.20. The van der Waals surface area contributed by atoms with Crippen LogP contribution in [0.3, 0.4) is 0 Å². The fourth-order valence-corrected chi connectivity index (χ4v) is 3.12. The molecule has 2 aromatic rings. The first-order valence-corrected chi connectivity index (χ1v) is 8.30. The summed E-state index contributed by atoms with van der Waals surface area (Å²) in [5, 5.41) is 8.00. The van der Waals surface area contributed by atoms with E-state index in [9.17, 15) is 0 Å². The largest absolute Gasteiger partial charge is 0.377 e. The fourth-order valence-electron chi connectivity index (χ4n) is 3.12. The van der Waals surface area contributed by atoms with Gasteiger partial charge < -0.3 is 15.0 Å². The number of benzene rings is 1. The molecule has 23 heavy (non-hydrogen) atoms. The van der Waals surface area contributed by atoms with E-state index in [1.807, 2.05) is 10.9 Å². The molecule has 1 fully saturated rings. The van der Waals surface area contributed by atoms with Gasteiger partial charge in [-0.15, -0.1) is 0 Å². The summed E-state index contributed by atoms with van der Waals surface area (Å²) >= 11 is 0. The van der Waals surface area contributed by atoms with Crippen molar-refractivity contribution >= 4 is 11.4 Å². The Bertz CT molecular complexity index is 631. The second kappa shape index (κ2) is 7.04. The van der Waals surface area contributed by atoms with E-state index in [4.69, 9.17) is 4.74 Å². The van der Waals surface area contributed by atoms with Crippen molar-refractivity contribution in [2.24, 2.45) is 0 Å². The van der Waals surface area contributed by atoms with Crippen molar-refractivity contribution < 1.29 is 4.74 Å². The van der Waals surface area contributed by atoms with Gasteiger partial charge in [0.2, 0.25) is 0 Å². The minimum atomic E-state index is 0.217. The van der Waals surface area contributed by atoms with E-state index in [2.05, 4.69) is 66.8 Å². The Hall–Kier alpha value is -2.01. The van der Waals surface area contributed by atoms with Crippen LogP contribution < -0.4 is 10.2 Å². The van der Waals surface area contributed by atoms with E-state index >= 15 is 0 Å². The zero-order valence-corrected chi connectivity index (χ0v) is 14.2. The molecule has 5 nitrogen and oxygen atoms in total. The second-order valence-corrected chi connectivity index (χ2v) is 6.41. The van der Waals surface area contributed by atoms with E-state index in [0.29, 0.717) is 6.10 Å². The Kier molecular flexibility index (Phi) is 4.86. The van der Waals surface area contributed by atoms with Crippen LogP contribution in [0.15, 0.2) is 36.7 Å². The molecular formula is C18H26N4O. The van der Waals surface area contributed by atoms with Crippen LogP contribution in [-0.2, 0) is 11.3 Å². The predicted molar refractivity (Wildman–Crippen MR) is 94.0 cm³/mol. The summed E-state index contributed by atoms with van der Waals surface area (Å²) < 4.78 is 7.65. The number of rotatable bonds is 6. The molecule has 3 rings (SSSR count). The zero-order chi connectivity index (χ0) is 16.2. The lowest BCUT2D eigenvalue weighted by molar-refractivity contribution is 0.0940. The molecule has 1 aliphatic rings. The van der Waals surface area contributed by atoms with E-state index in [1.54, 1.807) is 0 Å². The van der Waals surface area contributed by atoms with Crippen molar-refractivity contribution in [2.75, 3.05) is 30.9 Å². The van der Waals surface area contributed by atoms with Gasteiger partial charge in [0.05, 0.1) is 30.6 Å². The summed E-state index contributed by atoms with van der Waals surface area (Å²) in [6, 6.07) is 8.69. The molecule has 2 atom stereocenters. The quantitative estimate of drug-likeness (QED) is 0.888. The number of aromatic nitrogens is 2. The van der Waals surface area contributed by atoms with Gasteiger partial charge in [0.1, 0.15) is 0 Å². The smallest absolute Gasteiger partial charge is 0.0771 e. The molecule has 124 valence electrons. The number of anilines is 2. The summed E-state index contributed by atoms with van der Waals surface area (Å²) in [6.07, 6.45) is 6.57. The maximum Gasteiger partial charge on any atom is 0.0771 e. The molecule has 1 N–H and O–H groups in total. The lowest BCUT2D eigenvalue weighted by Crippen LogP contribution is -2.16. The minimum absolute atomic E-state index is 0.217. The van der Waals surface area contributed by atoms with Crippen LogP contribution in [0.5, 0.6) is 0 Å². The highest BCUT2D eigenvalue weighted by molar-refractivity contribution is 5.56. The molecule has 0 aliphatic carbocycles. The van der Waals surface area contributed by atoms with Crippen molar-refractivity contribution in [1.29, 1.82) is 0 Å². The van der Waals surface area contributed by atoms with Crippen LogP contribution in [0.4, 0.5) is 11.4 Å². The molecule has 0 saturated carbocycles. The van der Waals surface area contributed by atoms with Crippen LogP contribution in [0.2, 0.25) is 0 Å². The van der Waals surface area contributed by atoms with Gasteiger partial charge in [-0.3, -0.25) is 4.68 Å². The van der Waals surface area contributed by atoms with Crippen LogP contribution in [-0.4, -0.2) is 36.6 Å². The molecular weight excluding hydrogens is 288 g/mol. The van der Waals surface area contributed by atoms with Crippen LogP contribution in [0.1, 0.15) is 31.4 Å². The third kappa shape index (κ3) is 3.85. The van der Waals surface area contributed by atoms with Crippen molar-refractivity contribution in [3.8, 4) is 0 Å². The Morgan fingerprint density at radius 1 is 1.39 bits per heavy atom. The topological polar surface area (TPSA) is 42.3 Å². The SMILES string of the molecule is C[C@@H](Nc1cnn(C[C@H]2CCCO2)c1)c1ccccc1N(C)C. The van der Waals surface area contributed by atoms with Crippen molar-refractivity contribution in [3.63, 3.8) is 0 Å². The molecule has 2 heterocycles. The molecule has 0 unspecified atom stereocenters. The summed E-state index contributed by atoms with van der Waals surface area (Å²) in [4.78, 5) is 2.15. The Morgan fingerprint density at radius 2 is 2.22 bits per heavy atom. The number of ether oxygens (including phenoxy) is 1. The van der Waals surface area contributed by atoms with Gasteiger partial charge in [0.25, 0.3) is 0 Å². The molecule has 1 aliphatic heterocycles. The fraction of sp³-hybridized carbons (Fsp3) is 0.500. The zero-order valence-electron chi connectivity index (χ0n) is 14.2. The monoisotopic (exact) mass is 314 g/mol. The first-order valence-electron chi connectivity index (χ1n) is 8.30. The number of hydrogen-bond donors (Lipinski definition) is 1. The Balaban J connectivity index is 1.66. The third-order valence-corrected chi connectivity index (χ3v) is 4.32. The molecule has 0 amide bonds. The third-order valence-electron chi connectivity index (χ3n) is 4.32. The molecule has 5 heteroatoms. The standard InChI is InChI=1S/C18H26N4O/c1-14(17-8-4-5-9-18(17)21(2)3)20-15-11-19-22(12-15)13-16-7-6-10-23-16/h4-5,8-9,11-12,14,16,20H,6-7,10,13H2,1-3H3/t14-,16-/m1/s1. The molecule has 0 radical (unpaired) electrons. The van der Waals surface area contributed by atoms with Crippen LogP contribution in [0.25, 0.3) is 0 Å². The number of nitrogens with zero attached hydrogens (tertiary/aromatic N) is 3. The summed E-state index contributed by atoms with van der Waals surface area (Å²) in [7, 11) is 4.15. The summed E-state index contributed by atoms with van der Waals surface area (Å²) in [5.41, 5.74) is 3.56. The highest BCUT2D eigenvalue weighted by Crippen LogP contribution is 2.27. The van der Waals surface area contributed by atoms with E-state index < -0.39 is 0 Å². The minimum Gasteiger partial charge on any atom is -0.377 e. The van der Waals surface area contributed by atoms with Gasteiger partial charge >= 0.3 is 0 Å². The van der Waals surface area contributed by atoms with Crippen molar-refractivity contribution in [3.05, 3.63) is 42.2 Å². The predicted octanol–water partition coefficient (Wildman–Crippen LogP) is 3.30. The maximum atomic E-state index is 5.67. The maximum absolute atomic E-state index is 5.67. The number of hydrogen-bond acceptors (Lipinski definition) is 4. The Morgan fingerprint density at radius 3 is 2.96 bits per heavy atom. The van der Waals surface area contributed by atoms with Gasteiger partial charge in [-0.2, -0.15) is 5.10 Å². The van der Waals surface area contributed by atoms with Gasteiger partial charge in [0.15, 0.2) is 0 Å². The summed E-state index contributed by atoms with van der Waals surface area (Å²) in [5.74, 6) is 0. The van der Waals surface area contributed by atoms with Crippen LogP contribution in [0, 0.1) is 0 Å². The first kappa shape index (κ1) is 15.9. The van der Waals surface area contributed by atoms with Gasteiger partial charge in [-0.25, -0.2) is 0 Å². The van der Waals surface area contributed by atoms with E-state index in [-0.39, 0.29) is 6.04 Å². The molecule has 1 aromatic heterocycles. The molecule has 1 saturated heterocycles. The average molecular weight is 314 g/mol. The second-order valence-electron chi connectivity index (χ2n) is 6.41. The van der Waals surface area contributed by atoms with E-state index in [0.717, 1.165) is 31.7 Å². The first-order chi connectivity index (χ1) is 11.1. The van der Waals surface area contributed by atoms with Gasteiger partial charge in [-0.05, 0) is 31.4 Å². The summed E-state index contributed by atoms with van der Waals surface area (Å²) in [6.45, 7) is 3.90. The van der Waals surface area contributed by atoms with Crippen LogP contribution >= 0.6 is 0 Å². The van der Waals surface area contributed by atoms with Gasteiger partial charge in [-0.1, -0.05) is 18.2 Å². The molecule has 0 spiro atoms. The normalized spacial score (nSPS) is 18.8. The van der Waals surface area contributed by atoms with Gasteiger partial charge in [0, 0.05) is 32.6 Å². The lowest BCUT2D eigenvalue weighted by atomic mass is 10.1. The Labute approximate surface area is 138 Å². The molecule has 1 aromatic carbocycles. The highest BCUT2D eigenvalue weighted by atomic mass is 16.5. The van der Waals surface area contributed by atoms with E-state index in [1.165, 1.54) is 11.3 Å². The molecule has 0 bridgehead atoms. The highest BCUT2D eigenvalue weighted by Gasteiger charge is 2.17. The number of para-hydroxylation sites is 1. The van der Waals surface area contributed by atoms with Crippen molar-refractivity contribution in [1.82, 2.24) is 9.78 Å². The van der Waals surface area contributed by atoms with Crippen molar-refractivity contribution in [2.45, 2.75) is 38.5 Å².